The summed E-state index contributed by atoms with van der Waals surface area (Å²) in [6, 6.07) is 11.6. The van der Waals surface area contributed by atoms with Crippen molar-refractivity contribution in [2.45, 2.75) is 5.92 Å². The van der Waals surface area contributed by atoms with Crippen LogP contribution in [0.15, 0.2) is 40.9 Å². The molecule has 3 rings (SSSR count). The highest BCUT2D eigenvalue weighted by Crippen LogP contribution is 2.44. The zero-order valence-electron chi connectivity index (χ0n) is 9.19. The van der Waals surface area contributed by atoms with Crippen molar-refractivity contribution in [3.05, 3.63) is 55.6 Å². The van der Waals surface area contributed by atoms with Gasteiger partial charge in [0.1, 0.15) is 17.8 Å². The summed E-state index contributed by atoms with van der Waals surface area (Å²) in [4.78, 5) is 11.4. The summed E-state index contributed by atoms with van der Waals surface area (Å²) in [6.45, 7) is 0. The quantitative estimate of drug-likeness (QED) is 0.507. The third-order valence-electron chi connectivity index (χ3n) is 2.97. The second-order valence-electron chi connectivity index (χ2n) is 4.08. The van der Waals surface area contributed by atoms with Crippen LogP contribution in [-0.2, 0) is 4.79 Å². The number of halogens is 2. The molecule has 90 valence electrons. The van der Waals surface area contributed by atoms with E-state index in [0.29, 0.717) is 0 Å². The minimum atomic E-state index is -0.254. The molecule has 0 saturated heterocycles. The molecule has 0 spiro atoms. The minimum Gasteiger partial charge on any atom is -0.457 e. The van der Waals surface area contributed by atoms with Crippen LogP contribution in [0.4, 0.5) is 0 Å². The standard InChI is InChI=1S/C14H8BrIO2/c15-8-1-3-13-10(5-8)12(7-17)11-6-9(16)2-4-14(11)18-13/h1-7,12H. The van der Waals surface area contributed by atoms with Gasteiger partial charge in [-0.1, -0.05) is 15.9 Å². The van der Waals surface area contributed by atoms with Crippen molar-refractivity contribution in [3.8, 4) is 11.5 Å². The molecule has 0 radical (unpaired) electrons. The fourth-order valence-corrected chi connectivity index (χ4v) is 3.04. The zero-order valence-corrected chi connectivity index (χ0v) is 12.9. The maximum absolute atomic E-state index is 11.4. The predicted molar refractivity (Wildman–Crippen MR) is 81.3 cm³/mol. The third kappa shape index (κ3) is 1.97. The summed E-state index contributed by atoms with van der Waals surface area (Å²) in [6.07, 6.45) is 0.975. The maximum atomic E-state index is 11.4. The van der Waals surface area contributed by atoms with Gasteiger partial charge in [-0.25, -0.2) is 0 Å². The van der Waals surface area contributed by atoms with Gasteiger partial charge in [-0.3, -0.25) is 0 Å². The molecule has 4 heteroatoms. The first kappa shape index (κ1) is 12.2. The SMILES string of the molecule is O=CC1c2cc(Br)ccc2Oc2ccc(I)cc21. The van der Waals surface area contributed by atoms with Crippen LogP contribution in [0.1, 0.15) is 17.0 Å². The normalized spacial score (nSPS) is 16.4. The lowest BCUT2D eigenvalue weighted by atomic mass is 9.89. The van der Waals surface area contributed by atoms with Crippen LogP contribution < -0.4 is 4.74 Å². The van der Waals surface area contributed by atoms with Crippen LogP contribution in [0.5, 0.6) is 11.5 Å². The Morgan fingerprint density at radius 1 is 1.11 bits per heavy atom. The van der Waals surface area contributed by atoms with Gasteiger partial charge >= 0.3 is 0 Å². The van der Waals surface area contributed by atoms with Gasteiger partial charge in [0.2, 0.25) is 0 Å². The molecule has 0 saturated carbocycles. The second kappa shape index (κ2) is 4.66. The molecule has 0 fully saturated rings. The monoisotopic (exact) mass is 414 g/mol. The van der Waals surface area contributed by atoms with Gasteiger partial charge in [0, 0.05) is 19.2 Å². The molecule has 2 aromatic carbocycles. The van der Waals surface area contributed by atoms with E-state index < -0.39 is 0 Å². The largest absolute Gasteiger partial charge is 0.457 e. The Labute approximate surface area is 127 Å². The summed E-state index contributed by atoms with van der Waals surface area (Å²) >= 11 is 5.67. The smallest absolute Gasteiger partial charge is 0.132 e. The molecule has 0 aliphatic carbocycles. The van der Waals surface area contributed by atoms with Crippen molar-refractivity contribution >= 4 is 44.8 Å². The van der Waals surface area contributed by atoms with Crippen molar-refractivity contribution in [1.82, 2.24) is 0 Å². The zero-order chi connectivity index (χ0) is 12.7. The first-order chi connectivity index (χ1) is 8.69. The van der Waals surface area contributed by atoms with Crippen molar-refractivity contribution in [2.75, 3.05) is 0 Å². The summed E-state index contributed by atoms with van der Waals surface area (Å²) in [5.74, 6) is 1.27. The Morgan fingerprint density at radius 3 is 2.50 bits per heavy atom. The van der Waals surface area contributed by atoms with E-state index in [0.717, 1.165) is 37.0 Å². The molecule has 2 nitrogen and oxygen atoms in total. The van der Waals surface area contributed by atoms with E-state index in [1.165, 1.54) is 0 Å². The maximum Gasteiger partial charge on any atom is 0.132 e. The number of fused-ring (bicyclic) bond motifs is 2. The van der Waals surface area contributed by atoms with Crippen LogP contribution in [0, 0.1) is 3.57 Å². The van der Waals surface area contributed by atoms with Crippen LogP contribution in [0.25, 0.3) is 0 Å². The Hall–Kier alpha value is -0.880. The molecule has 18 heavy (non-hydrogen) atoms. The summed E-state index contributed by atoms with van der Waals surface area (Å²) in [5.41, 5.74) is 1.84. The van der Waals surface area contributed by atoms with Crippen molar-refractivity contribution < 1.29 is 9.53 Å². The lowest BCUT2D eigenvalue weighted by Gasteiger charge is -2.25. The molecule has 0 aromatic heterocycles. The Kier molecular flexibility index (Phi) is 3.15. The van der Waals surface area contributed by atoms with Crippen molar-refractivity contribution in [2.24, 2.45) is 0 Å². The van der Waals surface area contributed by atoms with Crippen molar-refractivity contribution in [1.29, 1.82) is 0 Å². The molecule has 2 aromatic rings. The van der Waals surface area contributed by atoms with Crippen LogP contribution in [0.2, 0.25) is 0 Å². The van der Waals surface area contributed by atoms with Crippen LogP contribution >= 0.6 is 38.5 Å². The number of rotatable bonds is 1. The summed E-state index contributed by atoms with van der Waals surface area (Å²) < 4.78 is 7.88. The Balaban J connectivity index is 2.22. The molecular weight excluding hydrogens is 407 g/mol. The number of benzene rings is 2. The van der Waals surface area contributed by atoms with Gasteiger partial charge < -0.3 is 9.53 Å². The number of ether oxygens (including phenoxy) is 1. The highest BCUT2D eigenvalue weighted by atomic mass is 127. The fourth-order valence-electron chi connectivity index (χ4n) is 2.14. The molecule has 1 aliphatic rings. The first-order valence-electron chi connectivity index (χ1n) is 5.41. The fraction of sp³-hybridized carbons (Fsp3) is 0.0714. The Bertz CT molecular complexity index is 588. The van der Waals surface area contributed by atoms with Gasteiger partial charge in [0.25, 0.3) is 0 Å². The summed E-state index contributed by atoms with van der Waals surface area (Å²) in [5, 5.41) is 0. The lowest BCUT2D eigenvalue weighted by molar-refractivity contribution is -0.108. The molecule has 1 unspecified atom stereocenters. The van der Waals surface area contributed by atoms with E-state index in [1.54, 1.807) is 0 Å². The number of hydrogen-bond acceptors (Lipinski definition) is 2. The first-order valence-corrected chi connectivity index (χ1v) is 7.28. The van der Waals surface area contributed by atoms with Crippen LogP contribution in [-0.4, -0.2) is 6.29 Å². The summed E-state index contributed by atoms with van der Waals surface area (Å²) in [7, 11) is 0. The van der Waals surface area contributed by atoms with E-state index in [4.69, 9.17) is 4.74 Å². The average Bonchev–Trinajstić information content (AvgIpc) is 2.36. The van der Waals surface area contributed by atoms with E-state index in [-0.39, 0.29) is 5.92 Å². The molecule has 0 N–H and O–H groups in total. The minimum absolute atomic E-state index is 0.254. The topological polar surface area (TPSA) is 26.3 Å². The number of hydrogen-bond donors (Lipinski definition) is 0. The number of carbonyl (C=O) groups is 1. The van der Waals surface area contributed by atoms with Crippen molar-refractivity contribution in [3.63, 3.8) is 0 Å². The molecule has 1 aliphatic heterocycles. The highest BCUT2D eigenvalue weighted by Gasteiger charge is 2.27. The molecule has 1 heterocycles. The van der Waals surface area contributed by atoms with Gasteiger partial charge in [-0.15, -0.1) is 0 Å². The van der Waals surface area contributed by atoms with Gasteiger partial charge in [-0.05, 0) is 59.0 Å². The van der Waals surface area contributed by atoms with Gasteiger partial charge in [0.05, 0.1) is 5.92 Å². The molecule has 0 bridgehead atoms. The van der Waals surface area contributed by atoms with Gasteiger partial charge in [0.15, 0.2) is 0 Å². The van der Waals surface area contributed by atoms with E-state index in [1.807, 2.05) is 36.4 Å². The van der Waals surface area contributed by atoms with Crippen LogP contribution in [0.3, 0.4) is 0 Å². The predicted octanol–water partition coefficient (Wildman–Crippen LogP) is 4.49. The molecular formula is C14H8BrIO2. The van der Waals surface area contributed by atoms with E-state index in [2.05, 4.69) is 38.5 Å². The Morgan fingerprint density at radius 2 is 1.78 bits per heavy atom. The average molecular weight is 415 g/mol. The number of aldehydes is 1. The highest BCUT2D eigenvalue weighted by molar-refractivity contribution is 14.1. The number of carbonyl (C=O) groups excluding carboxylic acids is 1. The molecule has 0 amide bonds. The lowest BCUT2D eigenvalue weighted by Crippen LogP contribution is -2.11. The third-order valence-corrected chi connectivity index (χ3v) is 4.13. The van der Waals surface area contributed by atoms with E-state index in [9.17, 15) is 4.79 Å². The van der Waals surface area contributed by atoms with E-state index >= 15 is 0 Å². The van der Waals surface area contributed by atoms with Gasteiger partial charge in [-0.2, -0.15) is 0 Å². The molecule has 1 atom stereocenters. The second-order valence-corrected chi connectivity index (χ2v) is 6.24.